The van der Waals surface area contributed by atoms with Crippen LogP contribution in [-0.4, -0.2) is 20.1 Å². The van der Waals surface area contributed by atoms with Crippen LogP contribution in [-0.2, 0) is 16.5 Å². The Labute approximate surface area is 211 Å². The number of rotatable bonds is 15. The summed E-state index contributed by atoms with van der Waals surface area (Å²) in [6, 6.07) is 8.84. The second-order valence-electron chi connectivity index (χ2n) is 8.25. The van der Waals surface area contributed by atoms with Crippen LogP contribution >= 0.6 is 0 Å². The smallest absolute Gasteiger partial charge is 0.744 e. The first kappa shape index (κ1) is 28.4. The number of hydrogen-bond donors (Lipinski definition) is 0. The molecule has 0 bridgehead atoms. The summed E-state index contributed by atoms with van der Waals surface area (Å²) in [6.45, 7) is 2.25. The Morgan fingerprint density at radius 1 is 0.839 bits per heavy atom. The number of methoxy groups -OCH3 is 1. The first-order valence-electron chi connectivity index (χ1n) is 11.5. The van der Waals surface area contributed by atoms with Crippen LogP contribution in [0.2, 0.25) is 0 Å². The Bertz CT molecular complexity index is 880. The molecule has 0 aliphatic rings. The van der Waals surface area contributed by atoms with E-state index in [1.807, 2.05) is 18.2 Å². The molecule has 2 aromatic carbocycles. The van der Waals surface area contributed by atoms with Gasteiger partial charge in [-0.3, -0.25) is 0 Å². The van der Waals surface area contributed by atoms with Crippen LogP contribution < -0.4 is 34.3 Å². The first-order valence-corrected chi connectivity index (χ1v) is 12.9. The van der Waals surface area contributed by atoms with Crippen molar-refractivity contribution in [2.75, 3.05) is 7.11 Å². The normalized spacial score (nSPS) is 11.5. The topological polar surface area (TPSA) is 66.4 Å². The zero-order valence-electron chi connectivity index (χ0n) is 19.6. The summed E-state index contributed by atoms with van der Waals surface area (Å²) in [7, 11) is -3.09. The standard InChI is InChI=1S/C25H38O4S.Na/c1-3-4-5-6-7-8-9-10-11-12-13-14-16-21-19-22-17-15-18-23(29-2)25(22)24(20-21)30(26,27)28;/h15,17-20H,3-14,16H2,1-2H3,(H,26,27,28);/q;+1/p-1. The molecule has 2 aromatic rings. The summed E-state index contributed by atoms with van der Waals surface area (Å²) in [5.74, 6) is 0.416. The third-order valence-electron chi connectivity index (χ3n) is 5.77. The SMILES string of the molecule is CCCCCCCCCCCCCCc1cc(S(=O)(=O)[O-])c2c(OC)cccc2c1.[Na+]. The third kappa shape index (κ3) is 9.83. The van der Waals surface area contributed by atoms with E-state index in [0.29, 0.717) is 11.1 Å². The predicted octanol–water partition coefficient (Wildman–Crippen LogP) is 4.00. The van der Waals surface area contributed by atoms with Gasteiger partial charge >= 0.3 is 29.6 Å². The Kier molecular flexibility index (Phi) is 14.0. The molecule has 0 N–H and O–H groups in total. The van der Waals surface area contributed by atoms with Gasteiger partial charge in [-0.25, -0.2) is 8.42 Å². The molecule has 0 unspecified atom stereocenters. The average Bonchev–Trinajstić information content (AvgIpc) is 2.72. The minimum atomic E-state index is -4.57. The molecule has 0 radical (unpaired) electrons. The zero-order valence-corrected chi connectivity index (χ0v) is 22.4. The van der Waals surface area contributed by atoms with E-state index in [0.717, 1.165) is 30.2 Å². The van der Waals surface area contributed by atoms with Crippen molar-refractivity contribution < 1.29 is 47.3 Å². The summed E-state index contributed by atoms with van der Waals surface area (Å²) in [5, 5.41) is 1.12. The van der Waals surface area contributed by atoms with Crippen LogP contribution in [0.15, 0.2) is 35.2 Å². The molecule has 0 spiro atoms. The molecule has 0 atom stereocenters. The number of hydrogen-bond acceptors (Lipinski definition) is 4. The van der Waals surface area contributed by atoms with E-state index >= 15 is 0 Å². The van der Waals surface area contributed by atoms with E-state index in [4.69, 9.17) is 4.74 Å². The van der Waals surface area contributed by atoms with Gasteiger partial charge in [-0.15, -0.1) is 0 Å². The number of ether oxygens (including phenoxy) is 1. The monoisotopic (exact) mass is 456 g/mol. The molecule has 6 heteroatoms. The van der Waals surface area contributed by atoms with Crippen molar-refractivity contribution >= 4 is 20.9 Å². The minimum absolute atomic E-state index is 0. The Morgan fingerprint density at radius 2 is 1.39 bits per heavy atom. The van der Waals surface area contributed by atoms with Gasteiger partial charge in [0.2, 0.25) is 0 Å². The van der Waals surface area contributed by atoms with Gasteiger partial charge in [0, 0.05) is 5.39 Å². The summed E-state index contributed by atoms with van der Waals surface area (Å²) in [4.78, 5) is -0.175. The molecular weight excluding hydrogens is 419 g/mol. The third-order valence-corrected chi connectivity index (χ3v) is 6.63. The molecule has 0 aliphatic carbocycles. The quantitative estimate of drug-likeness (QED) is 0.231. The second kappa shape index (κ2) is 15.3. The van der Waals surface area contributed by atoms with Crippen LogP contribution in [0.5, 0.6) is 5.75 Å². The van der Waals surface area contributed by atoms with Crippen molar-refractivity contribution in [2.24, 2.45) is 0 Å². The van der Waals surface area contributed by atoms with Crippen LogP contribution in [0.4, 0.5) is 0 Å². The van der Waals surface area contributed by atoms with Crippen LogP contribution in [0.3, 0.4) is 0 Å². The molecule has 31 heavy (non-hydrogen) atoms. The average molecular weight is 457 g/mol. The summed E-state index contributed by atoms with van der Waals surface area (Å²) in [6.07, 6.45) is 16.2. The first-order chi connectivity index (χ1) is 14.5. The fraction of sp³-hybridized carbons (Fsp3) is 0.600. The molecule has 0 aliphatic heterocycles. The van der Waals surface area contributed by atoms with E-state index in [1.54, 1.807) is 6.07 Å². The Hall–Kier alpha value is -0.590. The van der Waals surface area contributed by atoms with Gasteiger partial charge in [0.15, 0.2) is 0 Å². The van der Waals surface area contributed by atoms with E-state index in [1.165, 1.54) is 77.4 Å². The molecule has 0 saturated heterocycles. The molecule has 4 nitrogen and oxygen atoms in total. The second-order valence-corrected chi connectivity index (χ2v) is 9.59. The number of aryl methyl sites for hydroxylation is 1. The van der Waals surface area contributed by atoms with E-state index in [-0.39, 0.29) is 34.5 Å². The van der Waals surface area contributed by atoms with Crippen molar-refractivity contribution in [1.82, 2.24) is 0 Å². The largest absolute Gasteiger partial charge is 1.00 e. The zero-order chi connectivity index (χ0) is 21.8. The van der Waals surface area contributed by atoms with Crippen LogP contribution in [0.25, 0.3) is 10.8 Å². The van der Waals surface area contributed by atoms with Crippen molar-refractivity contribution in [3.05, 3.63) is 35.9 Å². The Morgan fingerprint density at radius 3 is 1.90 bits per heavy atom. The predicted molar refractivity (Wildman–Crippen MR) is 123 cm³/mol. The summed E-state index contributed by atoms with van der Waals surface area (Å²) in [5.41, 5.74) is 0.900. The van der Waals surface area contributed by atoms with E-state index in [9.17, 15) is 13.0 Å². The summed E-state index contributed by atoms with van der Waals surface area (Å²) < 4.78 is 40.8. The Balaban J connectivity index is 0.00000480. The summed E-state index contributed by atoms with van der Waals surface area (Å²) >= 11 is 0. The van der Waals surface area contributed by atoms with Gasteiger partial charge in [0.05, 0.1) is 12.0 Å². The van der Waals surface area contributed by atoms with Gasteiger partial charge in [0.25, 0.3) is 0 Å². The molecule has 0 amide bonds. The number of unbranched alkanes of at least 4 members (excludes halogenated alkanes) is 11. The molecule has 0 aromatic heterocycles. The van der Waals surface area contributed by atoms with Gasteiger partial charge < -0.3 is 9.29 Å². The maximum absolute atomic E-state index is 11.8. The maximum atomic E-state index is 11.8. The fourth-order valence-electron chi connectivity index (χ4n) is 4.10. The number of benzene rings is 2. The van der Waals surface area contributed by atoms with Gasteiger partial charge in [-0.05, 0) is 35.9 Å². The number of fused-ring (bicyclic) bond motifs is 1. The molecule has 0 heterocycles. The van der Waals surface area contributed by atoms with Crippen LogP contribution in [0, 0.1) is 0 Å². The fourth-order valence-corrected chi connectivity index (χ4v) is 4.86. The minimum Gasteiger partial charge on any atom is -0.744 e. The van der Waals surface area contributed by atoms with Gasteiger partial charge in [-0.1, -0.05) is 95.8 Å². The van der Waals surface area contributed by atoms with E-state index in [2.05, 4.69) is 6.92 Å². The maximum Gasteiger partial charge on any atom is 1.00 e. The van der Waals surface area contributed by atoms with Gasteiger partial charge in [-0.2, -0.15) is 0 Å². The molecule has 168 valence electrons. The van der Waals surface area contributed by atoms with Crippen molar-refractivity contribution in [2.45, 2.75) is 95.3 Å². The molecular formula is C25H37NaO4S. The molecule has 0 fully saturated rings. The molecule has 2 rings (SSSR count). The van der Waals surface area contributed by atoms with Crippen molar-refractivity contribution in [3.8, 4) is 5.75 Å². The van der Waals surface area contributed by atoms with E-state index < -0.39 is 10.1 Å². The van der Waals surface area contributed by atoms with Crippen molar-refractivity contribution in [3.63, 3.8) is 0 Å². The van der Waals surface area contributed by atoms with Crippen molar-refractivity contribution in [1.29, 1.82) is 0 Å². The van der Waals surface area contributed by atoms with Crippen LogP contribution in [0.1, 0.15) is 89.5 Å². The molecule has 0 saturated carbocycles. The van der Waals surface area contributed by atoms with Gasteiger partial charge in [0.1, 0.15) is 15.9 Å².